The van der Waals surface area contributed by atoms with Crippen LogP contribution in [0.2, 0.25) is 0 Å². The number of carbonyl (C=O) groups excluding carboxylic acids is 1. The fraction of sp³-hybridized carbons (Fsp3) is 0.267. The Kier molecular flexibility index (Phi) is 2.96. The summed E-state index contributed by atoms with van der Waals surface area (Å²) in [6.45, 7) is 0. The summed E-state index contributed by atoms with van der Waals surface area (Å²) in [5.74, 6) is -0.0875. The van der Waals surface area contributed by atoms with Crippen molar-refractivity contribution in [2.75, 3.05) is 0 Å². The van der Waals surface area contributed by atoms with E-state index in [1.807, 2.05) is 42.5 Å². The molecule has 2 aromatic rings. The number of rotatable bonds is 3. The molecule has 0 spiro atoms. The molecule has 18 heavy (non-hydrogen) atoms. The van der Waals surface area contributed by atoms with Crippen LogP contribution in [-0.4, -0.2) is 11.9 Å². The lowest BCUT2D eigenvalue weighted by Crippen LogP contribution is -2.28. The molecule has 1 saturated carbocycles. The summed E-state index contributed by atoms with van der Waals surface area (Å²) in [5, 5.41) is 4.49. The van der Waals surface area contributed by atoms with E-state index in [9.17, 15) is 4.79 Å². The summed E-state index contributed by atoms with van der Waals surface area (Å²) < 4.78 is 0. The molecule has 1 aliphatic carbocycles. The van der Waals surface area contributed by atoms with Crippen LogP contribution in [0.5, 0.6) is 0 Å². The van der Waals surface area contributed by atoms with Gasteiger partial charge in [0.15, 0.2) is 0 Å². The highest BCUT2D eigenvalue weighted by atomic mass is 35.5. The number of amides is 1. The molecule has 0 aliphatic heterocycles. The molecule has 0 heterocycles. The number of fused-ring (bicyclic) bond motifs is 1. The molecule has 1 amide bonds. The fourth-order valence-electron chi connectivity index (χ4n) is 2.11. The van der Waals surface area contributed by atoms with Gasteiger partial charge in [-0.05, 0) is 29.2 Å². The molecule has 1 fully saturated rings. The van der Waals surface area contributed by atoms with Gasteiger partial charge in [0.2, 0.25) is 5.91 Å². The zero-order chi connectivity index (χ0) is 12.5. The predicted octanol–water partition coefficient (Wildman–Crippen LogP) is 3.40. The van der Waals surface area contributed by atoms with Crippen LogP contribution in [0.15, 0.2) is 42.5 Å². The van der Waals surface area contributed by atoms with Crippen molar-refractivity contribution in [3.63, 3.8) is 0 Å². The van der Waals surface area contributed by atoms with Crippen molar-refractivity contribution < 1.29 is 4.79 Å². The van der Waals surface area contributed by atoms with Crippen LogP contribution in [0.25, 0.3) is 10.8 Å². The second-order valence-corrected chi connectivity index (χ2v) is 5.15. The van der Waals surface area contributed by atoms with Gasteiger partial charge in [0, 0.05) is 6.04 Å². The number of nitrogens with one attached hydrogen (secondary N) is 1. The van der Waals surface area contributed by atoms with E-state index in [0.717, 1.165) is 29.2 Å². The van der Waals surface area contributed by atoms with Gasteiger partial charge in [-0.2, -0.15) is 0 Å². The molecule has 2 aromatic carbocycles. The van der Waals surface area contributed by atoms with Crippen LogP contribution in [0.1, 0.15) is 23.8 Å². The number of halogens is 1. The number of carbonyl (C=O) groups is 1. The van der Waals surface area contributed by atoms with Gasteiger partial charge >= 0.3 is 0 Å². The van der Waals surface area contributed by atoms with Crippen molar-refractivity contribution >= 4 is 28.3 Å². The van der Waals surface area contributed by atoms with Crippen molar-refractivity contribution in [1.29, 1.82) is 0 Å². The van der Waals surface area contributed by atoms with Crippen LogP contribution >= 0.6 is 11.6 Å². The average Bonchev–Trinajstić information content (AvgIpc) is 3.21. The molecule has 3 rings (SSSR count). The molecule has 1 aliphatic rings. The first kappa shape index (κ1) is 11.5. The van der Waals surface area contributed by atoms with E-state index in [1.165, 1.54) is 0 Å². The lowest BCUT2D eigenvalue weighted by molar-refractivity contribution is -0.120. The Balaban J connectivity index is 1.94. The summed E-state index contributed by atoms with van der Waals surface area (Å²) in [6.07, 6.45) is 2.15. The highest BCUT2D eigenvalue weighted by Gasteiger charge is 2.27. The van der Waals surface area contributed by atoms with E-state index in [2.05, 4.69) is 5.32 Å². The minimum absolute atomic E-state index is 0.0875. The minimum atomic E-state index is -0.614. The molecular formula is C15H14ClNO. The monoisotopic (exact) mass is 259 g/mol. The van der Waals surface area contributed by atoms with Crippen LogP contribution in [0.4, 0.5) is 0 Å². The van der Waals surface area contributed by atoms with E-state index in [-0.39, 0.29) is 5.91 Å². The Morgan fingerprint density at radius 3 is 2.67 bits per heavy atom. The van der Waals surface area contributed by atoms with Gasteiger partial charge in [0.25, 0.3) is 0 Å². The fourth-order valence-corrected chi connectivity index (χ4v) is 2.37. The maximum absolute atomic E-state index is 12.0. The summed E-state index contributed by atoms with van der Waals surface area (Å²) in [4.78, 5) is 12.0. The van der Waals surface area contributed by atoms with Gasteiger partial charge in [-0.3, -0.25) is 4.79 Å². The molecule has 0 saturated heterocycles. The topological polar surface area (TPSA) is 29.1 Å². The third-order valence-electron chi connectivity index (χ3n) is 3.25. The molecule has 0 aromatic heterocycles. The molecule has 1 N–H and O–H groups in total. The lowest BCUT2D eigenvalue weighted by atomic mass is 10.0. The summed E-state index contributed by atoms with van der Waals surface area (Å²) in [6, 6.07) is 14.2. The Hall–Kier alpha value is -1.54. The van der Waals surface area contributed by atoms with Crippen molar-refractivity contribution in [2.45, 2.75) is 24.3 Å². The van der Waals surface area contributed by atoms with Crippen molar-refractivity contribution in [3.05, 3.63) is 48.0 Å². The van der Waals surface area contributed by atoms with Gasteiger partial charge in [-0.25, -0.2) is 0 Å². The molecule has 1 unspecified atom stereocenters. The van der Waals surface area contributed by atoms with Crippen LogP contribution in [0.3, 0.4) is 0 Å². The van der Waals surface area contributed by atoms with E-state index in [4.69, 9.17) is 11.6 Å². The van der Waals surface area contributed by atoms with Gasteiger partial charge in [0.1, 0.15) is 5.38 Å². The van der Waals surface area contributed by atoms with Crippen LogP contribution in [0, 0.1) is 0 Å². The predicted molar refractivity (Wildman–Crippen MR) is 73.7 cm³/mol. The standard InChI is InChI=1S/C15H14ClNO/c16-14(15(18)17-11-8-9-11)13-7-3-5-10-4-1-2-6-12(10)13/h1-7,11,14H,8-9H2,(H,17,18). The highest BCUT2D eigenvalue weighted by molar-refractivity contribution is 6.31. The van der Waals surface area contributed by atoms with Gasteiger partial charge in [-0.1, -0.05) is 42.5 Å². The first-order chi connectivity index (χ1) is 8.75. The number of hydrogen-bond donors (Lipinski definition) is 1. The van der Waals surface area contributed by atoms with Crippen molar-refractivity contribution in [1.82, 2.24) is 5.32 Å². The lowest BCUT2D eigenvalue weighted by Gasteiger charge is -2.12. The molecular weight excluding hydrogens is 246 g/mol. The Labute approximate surface area is 111 Å². The SMILES string of the molecule is O=C(NC1CC1)C(Cl)c1cccc2ccccc12. The molecule has 0 radical (unpaired) electrons. The number of alkyl halides is 1. The maximum atomic E-state index is 12.0. The Bertz CT molecular complexity index is 587. The molecule has 0 bridgehead atoms. The Morgan fingerprint density at radius 2 is 1.89 bits per heavy atom. The largest absolute Gasteiger partial charge is 0.352 e. The van der Waals surface area contributed by atoms with Gasteiger partial charge in [0.05, 0.1) is 0 Å². The van der Waals surface area contributed by atoms with Crippen LogP contribution in [-0.2, 0) is 4.79 Å². The summed E-state index contributed by atoms with van der Waals surface area (Å²) in [5.41, 5.74) is 0.882. The third-order valence-corrected chi connectivity index (χ3v) is 3.68. The molecule has 1 atom stereocenters. The average molecular weight is 260 g/mol. The van der Waals surface area contributed by atoms with E-state index < -0.39 is 5.38 Å². The second-order valence-electron chi connectivity index (χ2n) is 4.71. The first-order valence-electron chi connectivity index (χ1n) is 6.18. The van der Waals surface area contributed by atoms with Crippen molar-refractivity contribution in [3.8, 4) is 0 Å². The smallest absolute Gasteiger partial charge is 0.242 e. The minimum Gasteiger partial charge on any atom is -0.352 e. The molecule has 3 heteroatoms. The number of benzene rings is 2. The van der Waals surface area contributed by atoms with Gasteiger partial charge in [-0.15, -0.1) is 11.6 Å². The van der Waals surface area contributed by atoms with E-state index >= 15 is 0 Å². The maximum Gasteiger partial charge on any atom is 0.242 e. The van der Waals surface area contributed by atoms with E-state index in [0.29, 0.717) is 6.04 Å². The summed E-state index contributed by atoms with van der Waals surface area (Å²) >= 11 is 6.30. The quantitative estimate of drug-likeness (QED) is 0.841. The van der Waals surface area contributed by atoms with Crippen molar-refractivity contribution in [2.24, 2.45) is 0 Å². The second kappa shape index (κ2) is 4.62. The van der Waals surface area contributed by atoms with E-state index in [1.54, 1.807) is 0 Å². The summed E-state index contributed by atoms with van der Waals surface area (Å²) in [7, 11) is 0. The first-order valence-corrected chi connectivity index (χ1v) is 6.61. The third kappa shape index (κ3) is 2.21. The number of hydrogen-bond acceptors (Lipinski definition) is 1. The zero-order valence-electron chi connectivity index (χ0n) is 9.90. The Morgan fingerprint density at radius 1 is 1.17 bits per heavy atom. The molecule has 2 nitrogen and oxygen atoms in total. The molecule has 92 valence electrons. The van der Waals surface area contributed by atoms with Crippen LogP contribution < -0.4 is 5.32 Å². The normalized spacial score (nSPS) is 16.5. The van der Waals surface area contributed by atoms with Gasteiger partial charge < -0.3 is 5.32 Å². The highest BCUT2D eigenvalue weighted by Crippen LogP contribution is 2.30. The zero-order valence-corrected chi connectivity index (χ0v) is 10.7.